The molecule has 0 spiro atoms. The summed E-state index contributed by atoms with van der Waals surface area (Å²) in [4.78, 5) is 19.5. The Morgan fingerprint density at radius 2 is 2.21 bits per heavy atom. The van der Waals surface area contributed by atoms with Crippen molar-refractivity contribution in [2.75, 3.05) is 0 Å². The van der Waals surface area contributed by atoms with Gasteiger partial charge in [-0.1, -0.05) is 0 Å². The molecule has 2 N–H and O–H groups in total. The lowest BCUT2D eigenvalue weighted by Gasteiger charge is -2.05. The minimum Gasteiger partial charge on any atom is -0.364 e. The first-order valence-electron chi connectivity index (χ1n) is 4.41. The molecule has 14 heavy (non-hydrogen) atoms. The zero-order valence-electron chi connectivity index (χ0n) is 8.16. The molecule has 1 aliphatic rings. The Labute approximate surface area is 81.9 Å². The molecule has 0 saturated heterocycles. The molecule has 0 bridgehead atoms. The highest BCUT2D eigenvalue weighted by molar-refractivity contribution is 6.05. The quantitative estimate of drug-likeness (QED) is 0.710. The van der Waals surface area contributed by atoms with Crippen LogP contribution in [0.4, 0.5) is 0 Å². The van der Waals surface area contributed by atoms with Gasteiger partial charge in [-0.25, -0.2) is 4.98 Å². The molecule has 4 nitrogen and oxygen atoms in total. The van der Waals surface area contributed by atoms with E-state index in [1.54, 1.807) is 0 Å². The third-order valence-electron chi connectivity index (χ3n) is 2.35. The fraction of sp³-hybridized carbons (Fsp3) is 0.300. The third-order valence-corrected chi connectivity index (χ3v) is 2.35. The van der Waals surface area contributed by atoms with E-state index in [1.165, 1.54) is 0 Å². The highest BCUT2D eigenvalue weighted by Crippen LogP contribution is 2.22. The van der Waals surface area contributed by atoms with Gasteiger partial charge in [-0.05, 0) is 19.9 Å². The number of hydrogen-bond acceptors (Lipinski definition) is 3. The van der Waals surface area contributed by atoms with Crippen molar-refractivity contribution < 1.29 is 4.79 Å². The standard InChI is InChI=1S/C10H11N3O/c1-5-3-7-6(2)12-4-8(7)9(13-5)10(11)14/h3H,4H2,1-2H3,(H2,11,14). The number of carbonyl (C=O) groups is 1. The monoisotopic (exact) mass is 189 g/mol. The van der Waals surface area contributed by atoms with Gasteiger partial charge < -0.3 is 5.73 Å². The van der Waals surface area contributed by atoms with Gasteiger partial charge in [0, 0.05) is 22.5 Å². The van der Waals surface area contributed by atoms with Crippen LogP contribution in [0.2, 0.25) is 0 Å². The molecule has 0 aromatic carbocycles. The molecule has 0 aliphatic carbocycles. The van der Waals surface area contributed by atoms with Crippen LogP contribution < -0.4 is 5.73 Å². The van der Waals surface area contributed by atoms with Gasteiger partial charge in [-0.15, -0.1) is 0 Å². The average molecular weight is 189 g/mol. The summed E-state index contributed by atoms with van der Waals surface area (Å²) in [5.41, 5.74) is 9.23. The Morgan fingerprint density at radius 1 is 1.50 bits per heavy atom. The number of hydrogen-bond donors (Lipinski definition) is 1. The minimum absolute atomic E-state index is 0.362. The van der Waals surface area contributed by atoms with E-state index in [-0.39, 0.29) is 0 Å². The predicted octanol–water partition coefficient (Wildman–Crippen LogP) is 0.812. The molecule has 72 valence electrons. The van der Waals surface area contributed by atoms with Crippen molar-refractivity contribution in [3.63, 3.8) is 0 Å². The topological polar surface area (TPSA) is 68.3 Å². The minimum atomic E-state index is -0.477. The van der Waals surface area contributed by atoms with Gasteiger partial charge in [0.25, 0.3) is 5.91 Å². The second-order valence-electron chi connectivity index (χ2n) is 3.40. The van der Waals surface area contributed by atoms with Crippen molar-refractivity contribution >= 4 is 11.6 Å². The van der Waals surface area contributed by atoms with E-state index >= 15 is 0 Å². The molecule has 1 aromatic heterocycles. The van der Waals surface area contributed by atoms with Crippen LogP contribution in [0.25, 0.3) is 0 Å². The fourth-order valence-electron chi connectivity index (χ4n) is 1.67. The van der Waals surface area contributed by atoms with Crippen LogP contribution in [-0.4, -0.2) is 16.6 Å². The number of aromatic nitrogens is 1. The molecule has 0 saturated carbocycles. The van der Waals surface area contributed by atoms with Gasteiger partial charge in [0.15, 0.2) is 0 Å². The first-order chi connectivity index (χ1) is 6.59. The molecule has 2 heterocycles. The summed E-state index contributed by atoms with van der Waals surface area (Å²) in [5, 5.41) is 0. The number of rotatable bonds is 1. The molecule has 0 atom stereocenters. The van der Waals surface area contributed by atoms with Crippen molar-refractivity contribution in [2.45, 2.75) is 20.4 Å². The lowest BCUT2D eigenvalue weighted by Crippen LogP contribution is -2.17. The number of aryl methyl sites for hydroxylation is 1. The molecule has 0 fully saturated rings. The van der Waals surface area contributed by atoms with Gasteiger partial charge in [-0.3, -0.25) is 9.79 Å². The second kappa shape index (κ2) is 2.90. The van der Waals surface area contributed by atoms with Crippen molar-refractivity contribution in [1.29, 1.82) is 0 Å². The Hall–Kier alpha value is -1.71. The third kappa shape index (κ3) is 1.19. The zero-order chi connectivity index (χ0) is 10.3. The van der Waals surface area contributed by atoms with Gasteiger partial charge in [-0.2, -0.15) is 0 Å². The Kier molecular flexibility index (Phi) is 1.84. The van der Waals surface area contributed by atoms with Crippen LogP contribution in [0.15, 0.2) is 11.1 Å². The Morgan fingerprint density at radius 3 is 2.86 bits per heavy atom. The van der Waals surface area contributed by atoms with Crippen molar-refractivity contribution in [3.05, 3.63) is 28.6 Å². The number of primary amides is 1. The maximum Gasteiger partial charge on any atom is 0.267 e. The lowest BCUT2D eigenvalue weighted by molar-refractivity contribution is 0.0994. The zero-order valence-corrected chi connectivity index (χ0v) is 8.16. The van der Waals surface area contributed by atoms with E-state index in [4.69, 9.17) is 5.73 Å². The predicted molar refractivity (Wildman–Crippen MR) is 53.4 cm³/mol. The van der Waals surface area contributed by atoms with Crippen LogP contribution in [0, 0.1) is 6.92 Å². The van der Waals surface area contributed by atoms with Gasteiger partial charge in [0.1, 0.15) is 5.69 Å². The summed E-state index contributed by atoms with van der Waals surface area (Å²) in [5.74, 6) is -0.477. The summed E-state index contributed by atoms with van der Waals surface area (Å²) >= 11 is 0. The highest BCUT2D eigenvalue weighted by Gasteiger charge is 2.20. The summed E-state index contributed by atoms with van der Waals surface area (Å²) in [6.07, 6.45) is 0. The molecule has 2 rings (SSSR count). The fourth-order valence-corrected chi connectivity index (χ4v) is 1.67. The second-order valence-corrected chi connectivity index (χ2v) is 3.40. The Balaban J connectivity index is 2.67. The molecular formula is C10H11N3O. The number of aliphatic imine (C=N–C) groups is 1. The maximum absolute atomic E-state index is 11.1. The van der Waals surface area contributed by atoms with E-state index in [2.05, 4.69) is 9.98 Å². The molecule has 0 radical (unpaired) electrons. The summed E-state index contributed by atoms with van der Waals surface area (Å²) in [6.45, 7) is 4.29. The normalized spacial score (nSPS) is 13.7. The van der Waals surface area contributed by atoms with Crippen LogP contribution >= 0.6 is 0 Å². The maximum atomic E-state index is 11.1. The smallest absolute Gasteiger partial charge is 0.267 e. The Bertz CT molecular complexity index is 449. The molecule has 1 aliphatic heterocycles. The molecule has 1 aromatic rings. The summed E-state index contributed by atoms with van der Waals surface area (Å²) in [7, 11) is 0. The van der Waals surface area contributed by atoms with E-state index in [0.29, 0.717) is 12.2 Å². The van der Waals surface area contributed by atoms with Crippen molar-refractivity contribution in [2.24, 2.45) is 10.7 Å². The van der Waals surface area contributed by atoms with Crippen molar-refractivity contribution in [3.8, 4) is 0 Å². The van der Waals surface area contributed by atoms with Gasteiger partial charge >= 0.3 is 0 Å². The largest absolute Gasteiger partial charge is 0.364 e. The number of amides is 1. The van der Waals surface area contributed by atoms with Gasteiger partial charge in [0.2, 0.25) is 0 Å². The summed E-state index contributed by atoms with van der Waals surface area (Å²) < 4.78 is 0. The molecule has 4 heteroatoms. The average Bonchev–Trinajstić information content (AvgIpc) is 2.47. The number of nitrogens with two attached hydrogens (primary N) is 1. The first kappa shape index (κ1) is 8.87. The van der Waals surface area contributed by atoms with E-state index in [9.17, 15) is 4.79 Å². The van der Waals surface area contributed by atoms with Crippen LogP contribution in [0.1, 0.15) is 34.2 Å². The number of pyridine rings is 1. The van der Waals surface area contributed by atoms with E-state index in [0.717, 1.165) is 22.5 Å². The molecule has 0 unspecified atom stereocenters. The summed E-state index contributed by atoms with van der Waals surface area (Å²) in [6, 6.07) is 1.94. The van der Waals surface area contributed by atoms with E-state index in [1.807, 2.05) is 19.9 Å². The number of fused-ring (bicyclic) bond motifs is 1. The van der Waals surface area contributed by atoms with E-state index < -0.39 is 5.91 Å². The highest BCUT2D eigenvalue weighted by atomic mass is 16.1. The number of nitrogens with zero attached hydrogens (tertiary/aromatic N) is 2. The number of carbonyl (C=O) groups excluding carboxylic acids is 1. The molecular weight excluding hydrogens is 178 g/mol. The lowest BCUT2D eigenvalue weighted by atomic mass is 10.0. The van der Waals surface area contributed by atoms with Crippen LogP contribution in [-0.2, 0) is 6.54 Å². The first-order valence-corrected chi connectivity index (χ1v) is 4.41. The van der Waals surface area contributed by atoms with Crippen LogP contribution in [0.3, 0.4) is 0 Å². The van der Waals surface area contributed by atoms with Crippen molar-refractivity contribution in [1.82, 2.24) is 4.98 Å². The SMILES string of the molecule is CC1=NCc2c1cc(C)nc2C(N)=O. The molecule has 1 amide bonds. The van der Waals surface area contributed by atoms with Gasteiger partial charge in [0.05, 0.1) is 6.54 Å². The van der Waals surface area contributed by atoms with Crippen LogP contribution in [0.5, 0.6) is 0 Å².